The zero-order valence-corrected chi connectivity index (χ0v) is 10.7. The Labute approximate surface area is 111 Å². The van der Waals surface area contributed by atoms with Gasteiger partial charge in [0.25, 0.3) is 0 Å². The van der Waals surface area contributed by atoms with Gasteiger partial charge in [-0.25, -0.2) is 9.97 Å². The molecule has 0 aliphatic rings. The van der Waals surface area contributed by atoms with E-state index in [1.54, 1.807) is 6.20 Å². The monoisotopic (exact) mass is 250 g/mol. The molecule has 3 rings (SSSR count). The fourth-order valence-electron chi connectivity index (χ4n) is 2.04. The van der Waals surface area contributed by atoms with E-state index in [-0.39, 0.29) is 0 Å². The van der Waals surface area contributed by atoms with Gasteiger partial charge in [-0.3, -0.25) is 4.98 Å². The molecule has 0 amide bonds. The normalized spacial score (nSPS) is 10.8. The first-order valence-corrected chi connectivity index (χ1v) is 6.25. The zero-order chi connectivity index (χ0) is 13.2. The van der Waals surface area contributed by atoms with E-state index >= 15 is 0 Å². The number of hydrogen-bond donors (Lipinski definition) is 1. The number of hydrogen-bond acceptors (Lipinski definition) is 4. The molecule has 94 valence electrons. The summed E-state index contributed by atoms with van der Waals surface area (Å²) in [7, 11) is 0. The molecule has 0 aliphatic heterocycles. The van der Waals surface area contributed by atoms with Crippen molar-refractivity contribution in [3.8, 4) is 11.4 Å². The first kappa shape index (κ1) is 11.6. The first-order chi connectivity index (χ1) is 9.26. The number of anilines is 1. The Balaban J connectivity index is 2.15. The molecule has 0 radical (unpaired) electrons. The van der Waals surface area contributed by atoms with Crippen molar-refractivity contribution >= 4 is 16.7 Å². The first-order valence-electron chi connectivity index (χ1n) is 6.25. The molecule has 0 atom stereocenters. The molecular weight excluding hydrogens is 236 g/mol. The molecule has 0 saturated heterocycles. The van der Waals surface area contributed by atoms with E-state index in [0.717, 1.165) is 28.6 Å². The predicted octanol–water partition coefficient (Wildman–Crippen LogP) is 2.84. The third kappa shape index (κ3) is 2.25. The number of fused-ring (bicyclic) bond motifs is 1. The fourth-order valence-corrected chi connectivity index (χ4v) is 2.04. The standard InChI is InChI=1S/C15H14N4/c1-2-12-9-14(16)19-15(18-12)11-5-6-13-10(8-11)4-3-7-17-13/h3-9H,2H2,1H3,(H2,16,18,19). The van der Waals surface area contributed by atoms with E-state index in [1.807, 2.05) is 36.4 Å². The molecule has 0 unspecified atom stereocenters. The van der Waals surface area contributed by atoms with Crippen LogP contribution in [0, 0.1) is 0 Å². The quantitative estimate of drug-likeness (QED) is 0.759. The second-order valence-electron chi connectivity index (χ2n) is 4.37. The molecule has 0 saturated carbocycles. The smallest absolute Gasteiger partial charge is 0.161 e. The maximum atomic E-state index is 5.82. The zero-order valence-electron chi connectivity index (χ0n) is 10.7. The third-order valence-corrected chi connectivity index (χ3v) is 3.02. The van der Waals surface area contributed by atoms with Crippen molar-refractivity contribution in [2.24, 2.45) is 0 Å². The number of nitrogens with two attached hydrogens (primary N) is 1. The Kier molecular flexibility index (Phi) is 2.83. The van der Waals surface area contributed by atoms with Gasteiger partial charge >= 0.3 is 0 Å². The molecule has 0 fully saturated rings. The summed E-state index contributed by atoms with van der Waals surface area (Å²) in [5.41, 5.74) is 8.70. The summed E-state index contributed by atoms with van der Waals surface area (Å²) in [6, 6.07) is 11.7. The summed E-state index contributed by atoms with van der Waals surface area (Å²) in [4.78, 5) is 13.1. The molecule has 2 N–H and O–H groups in total. The molecule has 2 aromatic heterocycles. The summed E-state index contributed by atoms with van der Waals surface area (Å²) < 4.78 is 0. The lowest BCUT2D eigenvalue weighted by Gasteiger charge is -2.05. The van der Waals surface area contributed by atoms with E-state index in [4.69, 9.17) is 5.73 Å². The van der Waals surface area contributed by atoms with Gasteiger partial charge < -0.3 is 5.73 Å². The van der Waals surface area contributed by atoms with Crippen LogP contribution in [-0.2, 0) is 6.42 Å². The highest BCUT2D eigenvalue weighted by molar-refractivity contribution is 5.83. The van der Waals surface area contributed by atoms with Gasteiger partial charge in [-0.05, 0) is 30.7 Å². The van der Waals surface area contributed by atoms with Crippen LogP contribution >= 0.6 is 0 Å². The molecule has 4 nitrogen and oxygen atoms in total. The van der Waals surface area contributed by atoms with Crippen LogP contribution in [0.4, 0.5) is 5.82 Å². The number of benzene rings is 1. The van der Waals surface area contributed by atoms with Gasteiger partial charge in [0, 0.05) is 28.9 Å². The van der Waals surface area contributed by atoms with Crippen molar-refractivity contribution in [3.05, 3.63) is 48.3 Å². The average Bonchev–Trinajstić information content (AvgIpc) is 2.46. The number of pyridine rings is 1. The molecule has 1 aromatic carbocycles. The number of aromatic nitrogens is 3. The van der Waals surface area contributed by atoms with Crippen molar-refractivity contribution in [3.63, 3.8) is 0 Å². The highest BCUT2D eigenvalue weighted by Gasteiger charge is 2.05. The van der Waals surface area contributed by atoms with Gasteiger partial charge in [-0.2, -0.15) is 0 Å². The minimum absolute atomic E-state index is 0.508. The van der Waals surface area contributed by atoms with Crippen molar-refractivity contribution < 1.29 is 0 Å². The van der Waals surface area contributed by atoms with Crippen LogP contribution < -0.4 is 5.73 Å². The van der Waals surface area contributed by atoms with Crippen molar-refractivity contribution in [1.29, 1.82) is 0 Å². The van der Waals surface area contributed by atoms with Crippen molar-refractivity contribution in [1.82, 2.24) is 15.0 Å². The van der Waals surface area contributed by atoms with Crippen molar-refractivity contribution in [2.75, 3.05) is 5.73 Å². The Bertz CT molecular complexity index is 737. The Morgan fingerprint density at radius 1 is 1.11 bits per heavy atom. The van der Waals surface area contributed by atoms with Gasteiger partial charge in [-0.15, -0.1) is 0 Å². The summed E-state index contributed by atoms with van der Waals surface area (Å²) in [6.45, 7) is 2.05. The SMILES string of the molecule is CCc1cc(N)nc(-c2ccc3ncccc3c2)n1. The van der Waals surface area contributed by atoms with Crippen LogP contribution in [0.25, 0.3) is 22.3 Å². The fraction of sp³-hybridized carbons (Fsp3) is 0.133. The van der Waals surface area contributed by atoms with Crippen LogP contribution in [0.5, 0.6) is 0 Å². The molecule has 3 aromatic rings. The van der Waals surface area contributed by atoms with Gasteiger partial charge in [0.05, 0.1) is 5.52 Å². The topological polar surface area (TPSA) is 64.7 Å². The largest absolute Gasteiger partial charge is 0.384 e. The van der Waals surface area contributed by atoms with Crippen LogP contribution in [0.2, 0.25) is 0 Å². The van der Waals surface area contributed by atoms with E-state index in [2.05, 4.69) is 21.9 Å². The highest BCUT2D eigenvalue weighted by Crippen LogP contribution is 2.21. The minimum atomic E-state index is 0.508. The molecule has 2 heterocycles. The lowest BCUT2D eigenvalue weighted by atomic mass is 10.1. The summed E-state index contributed by atoms with van der Waals surface area (Å²) >= 11 is 0. The molecule has 4 heteroatoms. The Morgan fingerprint density at radius 2 is 2.00 bits per heavy atom. The molecule has 0 aliphatic carbocycles. The molecule has 0 spiro atoms. The second-order valence-corrected chi connectivity index (χ2v) is 4.37. The average molecular weight is 250 g/mol. The van der Waals surface area contributed by atoms with E-state index in [1.165, 1.54) is 0 Å². The lowest BCUT2D eigenvalue weighted by Crippen LogP contribution is -1.99. The van der Waals surface area contributed by atoms with E-state index in [9.17, 15) is 0 Å². The predicted molar refractivity (Wildman–Crippen MR) is 76.6 cm³/mol. The summed E-state index contributed by atoms with van der Waals surface area (Å²) in [6.07, 6.45) is 2.63. The summed E-state index contributed by atoms with van der Waals surface area (Å²) in [5, 5.41) is 1.07. The van der Waals surface area contributed by atoms with Crippen LogP contribution in [0.15, 0.2) is 42.6 Å². The number of nitrogens with zero attached hydrogens (tertiary/aromatic N) is 3. The minimum Gasteiger partial charge on any atom is -0.384 e. The number of nitrogen functional groups attached to an aromatic ring is 1. The van der Waals surface area contributed by atoms with Crippen LogP contribution in [0.1, 0.15) is 12.6 Å². The molecule has 0 bridgehead atoms. The lowest BCUT2D eigenvalue weighted by molar-refractivity contribution is 1.01. The van der Waals surface area contributed by atoms with Gasteiger partial charge in [-0.1, -0.05) is 13.0 Å². The number of aryl methyl sites for hydroxylation is 1. The van der Waals surface area contributed by atoms with Crippen LogP contribution in [-0.4, -0.2) is 15.0 Å². The maximum absolute atomic E-state index is 5.82. The van der Waals surface area contributed by atoms with E-state index in [0.29, 0.717) is 11.6 Å². The Morgan fingerprint density at radius 3 is 2.84 bits per heavy atom. The van der Waals surface area contributed by atoms with Crippen molar-refractivity contribution in [2.45, 2.75) is 13.3 Å². The summed E-state index contributed by atoms with van der Waals surface area (Å²) in [5.74, 6) is 1.18. The second kappa shape index (κ2) is 4.65. The van der Waals surface area contributed by atoms with Gasteiger partial charge in [0.2, 0.25) is 0 Å². The maximum Gasteiger partial charge on any atom is 0.161 e. The van der Waals surface area contributed by atoms with Gasteiger partial charge in [0.15, 0.2) is 5.82 Å². The number of rotatable bonds is 2. The highest BCUT2D eigenvalue weighted by atomic mass is 14.9. The molecule has 19 heavy (non-hydrogen) atoms. The van der Waals surface area contributed by atoms with E-state index < -0.39 is 0 Å². The third-order valence-electron chi connectivity index (χ3n) is 3.02. The Hall–Kier alpha value is -2.49. The van der Waals surface area contributed by atoms with Gasteiger partial charge in [0.1, 0.15) is 5.82 Å². The molecular formula is C15H14N4. The van der Waals surface area contributed by atoms with Crippen LogP contribution in [0.3, 0.4) is 0 Å².